The molecule has 0 bridgehead atoms. The average Bonchev–Trinajstić information content (AvgIpc) is 3.10. The maximum absolute atomic E-state index is 13.9. The number of esters is 1. The Morgan fingerprint density at radius 2 is 1.04 bits per heavy atom. The van der Waals surface area contributed by atoms with Gasteiger partial charge in [0.15, 0.2) is 51.4 Å². The zero-order valence-corrected chi connectivity index (χ0v) is 28.9. The summed E-state index contributed by atoms with van der Waals surface area (Å²) in [6.45, 7) is 2.38. The first-order valence-corrected chi connectivity index (χ1v) is 16.1. The fourth-order valence-corrected chi connectivity index (χ4v) is 4.63. The third-order valence-corrected chi connectivity index (χ3v) is 7.75. The number of hydrogen-bond donors (Lipinski definition) is 4. The maximum atomic E-state index is 13.9. The third kappa shape index (κ3) is 12.8. The van der Waals surface area contributed by atoms with Crippen molar-refractivity contribution in [3.63, 3.8) is 0 Å². The lowest BCUT2D eigenvalue weighted by atomic mass is 10.1. The van der Waals surface area contributed by atoms with Crippen LogP contribution in [0.3, 0.4) is 0 Å². The molecule has 0 fully saturated rings. The summed E-state index contributed by atoms with van der Waals surface area (Å²) in [5.41, 5.74) is 32.7. The number of benzene rings is 2. The zero-order valence-electron chi connectivity index (χ0n) is 28.1. The van der Waals surface area contributed by atoms with Crippen molar-refractivity contribution in [3.05, 3.63) is 73.0 Å². The highest BCUT2D eigenvalue weighted by molar-refractivity contribution is 7.87. The van der Waals surface area contributed by atoms with E-state index < -0.39 is 109 Å². The molecular formula is C27H28F8N12O7S. The number of ketones is 2. The maximum Gasteiger partial charge on any atom is 0.352 e. The quantitative estimate of drug-likeness (QED) is 0.0188. The van der Waals surface area contributed by atoms with Crippen molar-refractivity contribution >= 4 is 51.1 Å². The van der Waals surface area contributed by atoms with E-state index in [1.807, 2.05) is 9.82 Å². The van der Waals surface area contributed by atoms with E-state index in [9.17, 15) is 57.9 Å². The van der Waals surface area contributed by atoms with Gasteiger partial charge in [0.05, 0.1) is 12.1 Å². The lowest BCUT2D eigenvalue weighted by molar-refractivity contribution is -0.119. The van der Waals surface area contributed by atoms with E-state index in [0.717, 1.165) is 0 Å². The number of halogens is 8. The van der Waals surface area contributed by atoms with Crippen LogP contribution < -0.4 is 22.9 Å². The fraction of sp³-hybridized carbons (Fsp3) is 0.370. The molecule has 2 atom stereocenters. The zero-order chi connectivity index (χ0) is 42.4. The van der Waals surface area contributed by atoms with Gasteiger partial charge in [-0.1, -0.05) is 10.2 Å². The SMILES string of the molecule is CC(=O)C(N)CCCN=C(N)OC(=O)c1c(F)c(F)c(N=[N+]=[N-])c(F)c1F.CC(=O)C(N)CCCN=C(N)OS(=O)(=O)c1c(F)c(F)c(N=[N+]=[N-])c(F)c1F. The molecule has 19 nitrogen and oxygen atoms in total. The molecule has 0 aliphatic rings. The van der Waals surface area contributed by atoms with Crippen molar-refractivity contribution in [2.24, 2.45) is 43.1 Å². The molecule has 300 valence electrons. The number of nitrogens with zero attached hydrogens (tertiary/aromatic N) is 8. The molecule has 55 heavy (non-hydrogen) atoms. The van der Waals surface area contributed by atoms with E-state index >= 15 is 0 Å². The normalized spacial score (nSPS) is 12.7. The van der Waals surface area contributed by atoms with E-state index in [1.54, 1.807) is 0 Å². The second-order valence-electron chi connectivity index (χ2n) is 10.4. The molecule has 0 heterocycles. The summed E-state index contributed by atoms with van der Waals surface area (Å²) in [6.07, 6.45) is 0.934. The first-order valence-electron chi connectivity index (χ1n) is 14.7. The molecule has 0 aliphatic heterocycles. The first kappa shape index (κ1) is 46.9. The Labute approximate surface area is 303 Å². The van der Waals surface area contributed by atoms with Gasteiger partial charge in [-0.05, 0) is 50.6 Å². The number of nitrogens with two attached hydrogens (primary N) is 4. The van der Waals surface area contributed by atoms with Gasteiger partial charge in [-0.15, -0.1) is 0 Å². The van der Waals surface area contributed by atoms with Gasteiger partial charge in [0.1, 0.15) is 28.5 Å². The Bertz CT molecular complexity index is 2040. The van der Waals surface area contributed by atoms with Gasteiger partial charge >= 0.3 is 16.1 Å². The van der Waals surface area contributed by atoms with Crippen molar-refractivity contribution in [2.75, 3.05) is 13.1 Å². The predicted octanol–water partition coefficient (Wildman–Crippen LogP) is 4.25. The van der Waals surface area contributed by atoms with Gasteiger partial charge < -0.3 is 31.9 Å². The van der Waals surface area contributed by atoms with Gasteiger partial charge in [-0.25, -0.2) is 49.9 Å². The van der Waals surface area contributed by atoms with Crippen LogP contribution in [0.4, 0.5) is 46.5 Å². The van der Waals surface area contributed by atoms with Crippen molar-refractivity contribution in [3.8, 4) is 0 Å². The summed E-state index contributed by atoms with van der Waals surface area (Å²) in [6, 6.07) is -3.36. The minimum atomic E-state index is -5.46. The van der Waals surface area contributed by atoms with E-state index in [-0.39, 0.29) is 50.3 Å². The van der Waals surface area contributed by atoms with Crippen molar-refractivity contribution < 1.29 is 66.8 Å². The number of hydrogen-bond acceptors (Lipinski definition) is 13. The third-order valence-electron chi connectivity index (χ3n) is 6.50. The number of amidine groups is 2. The van der Waals surface area contributed by atoms with E-state index in [4.69, 9.17) is 34.0 Å². The Morgan fingerprint density at radius 3 is 1.40 bits per heavy atom. The fourth-order valence-electron chi connectivity index (χ4n) is 3.65. The summed E-state index contributed by atoms with van der Waals surface area (Å²) in [5, 5.41) is 4.90. The van der Waals surface area contributed by atoms with E-state index in [1.165, 1.54) is 13.8 Å². The molecule has 2 rings (SSSR count). The molecule has 28 heteroatoms. The second-order valence-corrected chi connectivity index (χ2v) is 11.9. The highest BCUT2D eigenvalue weighted by atomic mass is 32.2. The smallest absolute Gasteiger partial charge is 0.352 e. The van der Waals surface area contributed by atoms with E-state index in [2.05, 4.69) is 29.1 Å². The van der Waals surface area contributed by atoms with Gasteiger partial charge in [-0.3, -0.25) is 9.59 Å². The summed E-state index contributed by atoms with van der Waals surface area (Å²) >= 11 is 0. The number of azide groups is 2. The molecule has 8 N–H and O–H groups in total. The highest BCUT2D eigenvalue weighted by Gasteiger charge is 2.35. The summed E-state index contributed by atoms with van der Waals surface area (Å²) in [5.74, 6) is -20.0. The van der Waals surface area contributed by atoms with E-state index in [0.29, 0.717) is 0 Å². The van der Waals surface area contributed by atoms with Crippen LogP contribution in [0, 0.1) is 46.5 Å². The molecular weight excluding hydrogens is 788 g/mol. The molecule has 0 aromatic heterocycles. The number of Topliss-reactive ketones (excluding diaryl/α,β-unsaturated/α-hetero) is 2. The van der Waals surface area contributed by atoms with Crippen LogP contribution in [0.15, 0.2) is 25.1 Å². The van der Waals surface area contributed by atoms with Gasteiger partial charge in [0.2, 0.25) is 0 Å². The molecule has 2 aromatic rings. The average molecular weight is 817 g/mol. The predicted molar refractivity (Wildman–Crippen MR) is 173 cm³/mol. The molecule has 0 radical (unpaired) electrons. The first-order chi connectivity index (χ1) is 25.5. The number of aliphatic imine (C=N–C) groups is 2. The van der Waals surface area contributed by atoms with Crippen LogP contribution in [0.2, 0.25) is 0 Å². The largest absolute Gasteiger partial charge is 0.389 e. The van der Waals surface area contributed by atoms with Crippen LogP contribution in [0.1, 0.15) is 49.9 Å². The van der Waals surface area contributed by atoms with Gasteiger partial charge in [0.25, 0.3) is 12.0 Å². The molecule has 0 amide bonds. The number of rotatable bonds is 15. The van der Waals surface area contributed by atoms with Gasteiger partial charge in [0, 0.05) is 22.9 Å². The Balaban J connectivity index is 0.000000550. The summed E-state index contributed by atoms with van der Waals surface area (Å²) in [4.78, 5) is 42.5. The molecule has 0 spiro atoms. The Hall–Kier alpha value is -6.08. The molecule has 2 unspecified atom stereocenters. The lowest BCUT2D eigenvalue weighted by Crippen LogP contribution is -2.28. The van der Waals surface area contributed by atoms with Gasteiger partial charge in [-0.2, -0.15) is 8.42 Å². The topological polar surface area (TPSA) is 330 Å². The van der Waals surface area contributed by atoms with Crippen LogP contribution in [-0.4, -0.2) is 63.2 Å². The van der Waals surface area contributed by atoms with Crippen molar-refractivity contribution in [1.82, 2.24) is 0 Å². The molecule has 0 saturated heterocycles. The van der Waals surface area contributed by atoms with Crippen LogP contribution >= 0.6 is 0 Å². The minimum Gasteiger partial charge on any atom is -0.389 e. The standard InChI is InChI=1S/C14H14F4N6O3.C13H14F4N6O4S/c1-5(25)6(19)3-2-4-22-14(20)27-13(26)7-8(15)10(17)12(23-24-21)11(18)9(7)16;1-5(24)6(18)3-2-4-21-13(19)27-28(25,26)12-9(16)7(14)11(22-23-20)8(15)10(12)17/h6H,2-4,19H2,1H3,(H2,20,22);6H,2-4,18H2,1H3,(H2,19,21). The Kier molecular flexibility index (Phi) is 17.9. The Morgan fingerprint density at radius 1 is 0.673 bits per heavy atom. The molecule has 0 aliphatic carbocycles. The number of carbonyl (C=O) groups is 3. The molecule has 2 aromatic carbocycles. The van der Waals surface area contributed by atoms with Crippen molar-refractivity contribution in [1.29, 1.82) is 0 Å². The highest BCUT2D eigenvalue weighted by Crippen LogP contribution is 2.34. The van der Waals surface area contributed by atoms with Crippen LogP contribution in [0.5, 0.6) is 0 Å². The summed E-state index contributed by atoms with van der Waals surface area (Å²) in [7, 11) is -5.46. The van der Waals surface area contributed by atoms with Crippen LogP contribution in [-0.2, 0) is 28.6 Å². The molecule has 0 saturated carbocycles. The number of carbonyl (C=O) groups excluding carboxylic acids is 3. The summed E-state index contributed by atoms with van der Waals surface area (Å²) < 4.78 is 142. The lowest BCUT2D eigenvalue weighted by Gasteiger charge is -2.10. The van der Waals surface area contributed by atoms with Crippen molar-refractivity contribution in [2.45, 2.75) is 56.5 Å². The second kappa shape index (κ2) is 21.0. The minimum absolute atomic E-state index is 0.0381. The number of ether oxygens (including phenoxy) is 1. The monoisotopic (exact) mass is 816 g/mol. The van der Waals surface area contributed by atoms with Crippen LogP contribution in [0.25, 0.3) is 20.9 Å².